The van der Waals surface area contributed by atoms with Crippen LogP contribution in [0.5, 0.6) is 0 Å². The van der Waals surface area contributed by atoms with Gasteiger partial charge in [-0.05, 0) is 43.5 Å². The minimum absolute atomic E-state index is 0.235. The highest BCUT2D eigenvalue weighted by atomic mass is 35.5. The van der Waals surface area contributed by atoms with E-state index in [4.69, 9.17) is 11.6 Å². The fraction of sp³-hybridized carbons (Fsp3) is 0.524. The number of nitrogens with one attached hydrogen (secondary N) is 1. The zero-order valence-corrected chi connectivity index (χ0v) is 16.4. The molecule has 0 saturated carbocycles. The summed E-state index contributed by atoms with van der Waals surface area (Å²) in [6.07, 6.45) is 8.48. The smallest absolute Gasteiger partial charge is 0.222 e. The normalized spacial score (nSPS) is 23.9. The number of rotatable bonds is 5. The van der Waals surface area contributed by atoms with Gasteiger partial charge in [0.15, 0.2) is 0 Å². The average molecular weight is 387 g/mol. The van der Waals surface area contributed by atoms with Gasteiger partial charge in [-0.2, -0.15) is 0 Å². The summed E-state index contributed by atoms with van der Waals surface area (Å²) >= 11 is 6.15. The molecule has 1 aromatic carbocycles. The van der Waals surface area contributed by atoms with Gasteiger partial charge in [0.2, 0.25) is 5.91 Å². The molecule has 1 atom stereocenters. The van der Waals surface area contributed by atoms with Crippen molar-refractivity contribution in [1.82, 2.24) is 19.8 Å². The van der Waals surface area contributed by atoms with E-state index in [1.54, 1.807) is 6.33 Å². The van der Waals surface area contributed by atoms with Gasteiger partial charge in [-0.25, -0.2) is 4.98 Å². The number of piperidine rings is 2. The van der Waals surface area contributed by atoms with Gasteiger partial charge in [-0.15, -0.1) is 0 Å². The molecule has 1 aromatic heterocycles. The molecule has 0 radical (unpaired) electrons. The monoisotopic (exact) mass is 386 g/mol. The molecule has 2 aromatic rings. The summed E-state index contributed by atoms with van der Waals surface area (Å²) in [6, 6.07) is 8.15. The van der Waals surface area contributed by atoms with E-state index in [0.717, 1.165) is 56.3 Å². The number of halogens is 1. The van der Waals surface area contributed by atoms with Crippen LogP contribution in [0.15, 0.2) is 36.8 Å². The van der Waals surface area contributed by atoms with Gasteiger partial charge >= 0.3 is 0 Å². The Hall–Kier alpha value is -1.85. The molecule has 144 valence electrons. The lowest BCUT2D eigenvalue weighted by atomic mass is 9.73. The predicted octanol–water partition coefficient (Wildman–Crippen LogP) is 3.51. The molecule has 2 saturated heterocycles. The molecule has 1 amide bonds. The highest BCUT2D eigenvalue weighted by molar-refractivity contribution is 6.30. The summed E-state index contributed by atoms with van der Waals surface area (Å²) in [4.78, 5) is 24.3. The average Bonchev–Trinajstić information content (AvgIpc) is 3.17. The number of carbonyl (C=O) groups excluding carboxylic acids is 1. The Morgan fingerprint density at radius 1 is 1.26 bits per heavy atom. The summed E-state index contributed by atoms with van der Waals surface area (Å²) in [7, 11) is 0. The van der Waals surface area contributed by atoms with Crippen LogP contribution in [0.2, 0.25) is 5.02 Å². The first-order chi connectivity index (χ1) is 13.1. The number of H-pyrrole nitrogens is 1. The van der Waals surface area contributed by atoms with Crippen LogP contribution in [-0.4, -0.2) is 51.9 Å². The molecule has 1 N–H and O–H groups in total. The third-order valence-electron chi connectivity index (χ3n) is 5.99. The molecule has 5 nitrogen and oxygen atoms in total. The van der Waals surface area contributed by atoms with E-state index in [0.29, 0.717) is 12.3 Å². The molecule has 2 aliphatic heterocycles. The third-order valence-corrected chi connectivity index (χ3v) is 6.22. The molecule has 1 spiro atoms. The Kier molecular flexibility index (Phi) is 5.50. The number of aromatic nitrogens is 2. The summed E-state index contributed by atoms with van der Waals surface area (Å²) in [6.45, 7) is 4.77. The number of benzene rings is 1. The van der Waals surface area contributed by atoms with Gasteiger partial charge in [0.1, 0.15) is 0 Å². The fourth-order valence-corrected chi connectivity index (χ4v) is 4.87. The Labute approximate surface area is 165 Å². The van der Waals surface area contributed by atoms with E-state index < -0.39 is 0 Å². The Balaban J connectivity index is 1.39. The van der Waals surface area contributed by atoms with Gasteiger partial charge in [0.05, 0.1) is 6.33 Å². The summed E-state index contributed by atoms with van der Waals surface area (Å²) < 4.78 is 0. The molecular weight excluding hydrogens is 360 g/mol. The topological polar surface area (TPSA) is 52.2 Å². The van der Waals surface area contributed by atoms with E-state index in [2.05, 4.69) is 31.9 Å². The van der Waals surface area contributed by atoms with Gasteiger partial charge in [-0.1, -0.05) is 23.7 Å². The maximum Gasteiger partial charge on any atom is 0.222 e. The maximum absolute atomic E-state index is 12.5. The van der Waals surface area contributed by atoms with Crippen molar-refractivity contribution < 1.29 is 4.79 Å². The second-order valence-corrected chi connectivity index (χ2v) is 8.52. The molecule has 0 bridgehead atoms. The van der Waals surface area contributed by atoms with Crippen molar-refractivity contribution in [3.05, 3.63) is 53.1 Å². The Morgan fingerprint density at radius 3 is 3.00 bits per heavy atom. The van der Waals surface area contributed by atoms with Crippen molar-refractivity contribution in [1.29, 1.82) is 0 Å². The number of hydrogen-bond acceptors (Lipinski definition) is 3. The van der Waals surface area contributed by atoms with E-state index in [9.17, 15) is 4.79 Å². The summed E-state index contributed by atoms with van der Waals surface area (Å²) in [5, 5.41) is 0.799. The highest BCUT2D eigenvalue weighted by Gasteiger charge is 2.41. The lowest BCUT2D eigenvalue weighted by Gasteiger charge is -2.48. The van der Waals surface area contributed by atoms with Crippen molar-refractivity contribution in [2.45, 2.75) is 38.6 Å². The first kappa shape index (κ1) is 18.5. The van der Waals surface area contributed by atoms with Crippen molar-refractivity contribution in [2.24, 2.45) is 5.41 Å². The fourth-order valence-electron chi connectivity index (χ4n) is 4.65. The number of carbonyl (C=O) groups is 1. The van der Waals surface area contributed by atoms with Crippen LogP contribution in [0.1, 0.15) is 36.9 Å². The number of likely N-dealkylation sites (tertiary alicyclic amines) is 2. The second kappa shape index (κ2) is 8.03. The first-order valence-electron chi connectivity index (χ1n) is 9.84. The molecule has 0 aliphatic carbocycles. The van der Waals surface area contributed by atoms with Crippen LogP contribution in [0.25, 0.3) is 0 Å². The summed E-state index contributed by atoms with van der Waals surface area (Å²) in [5.41, 5.74) is 2.59. The molecule has 2 fully saturated rings. The number of amides is 1. The molecule has 27 heavy (non-hydrogen) atoms. The van der Waals surface area contributed by atoms with Gasteiger partial charge in [0, 0.05) is 61.3 Å². The van der Waals surface area contributed by atoms with E-state index in [1.807, 2.05) is 18.3 Å². The SMILES string of the molecule is O=C1CC[C@]2(CCCN(Cc3cccc(Cl)c3)C2)CN1CCc1cnc[nH]1. The van der Waals surface area contributed by atoms with Crippen LogP contribution in [-0.2, 0) is 17.8 Å². The number of imidazole rings is 1. The molecular formula is C21H27ClN4O. The minimum atomic E-state index is 0.235. The Bertz CT molecular complexity index is 778. The van der Waals surface area contributed by atoms with E-state index in [1.165, 1.54) is 18.4 Å². The lowest BCUT2D eigenvalue weighted by molar-refractivity contribution is -0.139. The molecule has 0 unspecified atom stereocenters. The largest absolute Gasteiger partial charge is 0.348 e. The lowest BCUT2D eigenvalue weighted by Crippen LogP contribution is -2.54. The number of nitrogens with zero attached hydrogens (tertiary/aromatic N) is 3. The molecule has 4 rings (SSSR count). The van der Waals surface area contributed by atoms with Crippen molar-refractivity contribution in [3.63, 3.8) is 0 Å². The van der Waals surface area contributed by atoms with Crippen LogP contribution >= 0.6 is 11.6 Å². The minimum Gasteiger partial charge on any atom is -0.348 e. The number of aromatic amines is 1. The van der Waals surface area contributed by atoms with Crippen LogP contribution < -0.4 is 0 Å². The van der Waals surface area contributed by atoms with Crippen molar-refractivity contribution in [2.75, 3.05) is 26.2 Å². The van der Waals surface area contributed by atoms with Gasteiger partial charge in [0.25, 0.3) is 0 Å². The zero-order valence-electron chi connectivity index (χ0n) is 15.7. The Morgan fingerprint density at radius 2 is 2.19 bits per heavy atom. The number of hydrogen-bond donors (Lipinski definition) is 1. The van der Waals surface area contributed by atoms with Gasteiger partial charge in [-0.3, -0.25) is 9.69 Å². The predicted molar refractivity (Wildman–Crippen MR) is 107 cm³/mol. The zero-order chi connectivity index (χ0) is 18.7. The molecule has 3 heterocycles. The van der Waals surface area contributed by atoms with E-state index >= 15 is 0 Å². The highest BCUT2D eigenvalue weighted by Crippen LogP contribution is 2.39. The standard InChI is InChI=1S/C21H27ClN4O/c22-18-4-1-3-17(11-18)13-25-9-2-7-21(14-25)8-5-20(27)26(15-21)10-6-19-12-23-16-24-19/h1,3-4,11-12,16H,2,5-10,13-15H2,(H,23,24)/t21-/m0/s1. The molecule has 2 aliphatic rings. The van der Waals surface area contributed by atoms with Crippen LogP contribution in [0.4, 0.5) is 0 Å². The third kappa shape index (κ3) is 4.53. The quantitative estimate of drug-likeness (QED) is 0.855. The second-order valence-electron chi connectivity index (χ2n) is 8.09. The molecule has 6 heteroatoms. The first-order valence-corrected chi connectivity index (χ1v) is 10.2. The van der Waals surface area contributed by atoms with E-state index in [-0.39, 0.29) is 5.41 Å². The summed E-state index contributed by atoms with van der Waals surface area (Å²) in [5.74, 6) is 0.298. The maximum atomic E-state index is 12.5. The van der Waals surface area contributed by atoms with Crippen molar-refractivity contribution in [3.8, 4) is 0 Å². The van der Waals surface area contributed by atoms with Gasteiger partial charge < -0.3 is 9.88 Å². The van der Waals surface area contributed by atoms with Crippen molar-refractivity contribution >= 4 is 17.5 Å². The van der Waals surface area contributed by atoms with Crippen LogP contribution in [0.3, 0.4) is 0 Å². The van der Waals surface area contributed by atoms with Crippen LogP contribution in [0, 0.1) is 5.41 Å².